The molecule has 0 heterocycles. The Morgan fingerprint density at radius 1 is 1.18 bits per heavy atom. The molecule has 0 spiro atoms. The first-order chi connectivity index (χ1) is 9.87. The molecular weight excluding hydrogens is 329 g/mol. The van der Waals surface area contributed by atoms with E-state index >= 15 is 0 Å². The molecule has 0 saturated carbocycles. The first kappa shape index (κ1) is 18.1. The molecule has 0 N–H and O–H groups in total. The van der Waals surface area contributed by atoms with Gasteiger partial charge in [0.25, 0.3) is 0 Å². The van der Waals surface area contributed by atoms with Crippen LogP contribution in [-0.2, 0) is 16.8 Å². The largest absolute Gasteiger partial charge is 0.488 e. The van der Waals surface area contributed by atoms with Crippen molar-refractivity contribution in [1.29, 1.82) is 0 Å². The van der Waals surface area contributed by atoms with Gasteiger partial charge in [-0.2, -0.15) is 8.42 Å². The summed E-state index contributed by atoms with van der Waals surface area (Å²) >= 11 is 0. The van der Waals surface area contributed by atoms with Crippen LogP contribution in [0.25, 0.3) is 10.4 Å². The highest BCUT2D eigenvalue weighted by Gasteiger charge is 2.29. The number of rotatable bonds is 5. The molecule has 122 valence electrons. The predicted octanol–water partition coefficient (Wildman–Crippen LogP) is 4.08. The Hall–Kier alpha value is -1.94. The van der Waals surface area contributed by atoms with Gasteiger partial charge in [-0.05, 0) is 37.4 Å². The molecule has 0 aliphatic rings. The number of halogens is 4. The van der Waals surface area contributed by atoms with E-state index in [0.29, 0.717) is 0 Å². The van der Waals surface area contributed by atoms with E-state index in [1.165, 1.54) is 20.8 Å². The number of hydrogen-bond donors (Lipinski definition) is 0. The van der Waals surface area contributed by atoms with E-state index in [2.05, 4.69) is 14.2 Å². The molecule has 1 aromatic carbocycles. The second-order valence-electron chi connectivity index (χ2n) is 4.61. The van der Waals surface area contributed by atoms with Gasteiger partial charge >= 0.3 is 17.5 Å². The molecule has 6 nitrogen and oxygen atoms in total. The Labute approximate surface area is 124 Å². The van der Waals surface area contributed by atoms with Crippen LogP contribution < -0.4 is 4.18 Å². The number of azide groups is 1. The number of nitrogens with zero attached hydrogens (tertiary/aromatic N) is 3. The fourth-order valence-electron chi connectivity index (χ4n) is 2.19. The zero-order valence-electron chi connectivity index (χ0n) is 11.8. The fourth-order valence-corrected chi connectivity index (χ4v) is 2.64. The summed E-state index contributed by atoms with van der Waals surface area (Å²) in [5.74, 6) is -0.606. The van der Waals surface area contributed by atoms with Crippen molar-refractivity contribution < 1.29 is 29.4 Å². The van der Waals surface area contributed by atoms with Gasteiger partial charge in [0.2, 0.25) is 0 Å². The molecule has 0 saturated heterocycles. The van der Waals surface area contributed by atoms with Gasteiger partial charge in [-0.3, -0.25) is 0 Å². The summed E-state index contributed by atoms with van der Waals surface area (Å²) < 4.78 is 76.3. The van der Waals surface area contributed by atoms with E-state index in [9.17, 15) is 25.3 Å². The van der Waals surface area contributed by atoms with Crippen LogP contribution in [0.1, 0.15) is 22.3 Å². The van der Waals surface area contributed by atoms with Crippen molar-refractivity contribution in [2.75, 3.05) is 0 Å². The summed E-state index contributed by atoms with van der Waals surface area (Å²) in [6, 6.07) is 0. The van der Waals surface area contributed by atoms with E-state index in [4.69, 9.17) is 5.53 Å². The molecule has 0 atom stereocenters. The maximum Gasteiger partial charge on any atom is 0.488 e. The van der Waals surface area contributed by atoms with Crippen molar-refractivity contribution in [3.63, 3.8) is 0 Å². The summed E-state index contributed by atoms with van der Waals surface area (Å²) in [7, 11) is -5.44. The molecule has 0 radical (unpaired) electrons. The zero-order chi connectivity index (χ0) is 17.3. The van der Waals surface area contributed by atoms with Gasteiger partial charge in [0.15, 0.2) is 5.75 Å². The lowest BCUT2D eigenvalue weighted by Crippen LogP contribution is -2.21. The van der Waals surface area contributed by atoms with Gasteiger partial charge in [-0.25, -0.2) is 0 Å². The van der Waals surface area contributed by atoms with Crippen LogP contribution in [-0.4, -0.2) is 15.4 Å². The van der Waals surface area contributed by atoms with E-state index < -0.39 is 29.6 Å². The highest BCUT2D eigenvalue weighted by atomic mass is 32.3. The first-order valence-corrected chi connectivity index (χ1v) is 7.21. The van der Waals surface area contributed by atoms with Gasteiger partial charge < -0.3 is 17.1 Å². The maximum absolute atomic E-state index is 12.8. The average Bonchev–Trinajstić information content (AvgIpc) is 2.33. The molecule has 0 aromatic heterocycles. The topological polar surface area (TPSA) is 92.1 Å². The Kier molecular flexibility index (Phi) is 4.98. The smallest absolute Gasteiger partial charge is 0.449 e. The van der Waals surface area contributed by atoms with Crippen LogP contribution in [0.15, 0.2) is 5.11 Å². The highest BCUT2D eigenvalue weighted by Crippen LogP contribution is 2.40. The van der Waals surface area contributed by atoms with E-state index in [0.717, 1.165) is 0 Å². The lowest BCUT2D eigenvalue weighted by molar-refractivity contribution is 0.436. The van der Waals surface area contributed by atoms with Crippen LogP contribution in [0.4, 0.5) is 22.5 Å². The van der Waals surface area contributed by atoms with E-state index in [1.807, 2.05) is 0 Å². The molecule has 0 fully saturated rings. The van der Waals surface area contributed by atoms with Crippen LogP contribution in [0, 0.1) is 20.8 Å². The molecule has 0 unspecified atom stereocenters. The summed E-state index contributed by atoms with van der Waals surface area (Å²) in [6.07, 6.45) is -1.34. The summed E-state index contributed by atoms with van der Waals surface area (Å²) in [5, 5.41) is 3.25. The Morgan fingerprint density at radius 3 is 2.14 bits per heavy atom. The molecule has 1 aromatic rings. The quantitative estimate of drug-likeness (QED) is 0.202. The SMILES string of the molecule is Cc1c(C[B-](F)(F)F)c(C)c(OS(=O)(=O)F)c(C)c1N=[N+]=[N-]. The first-order valence-electron chi connectivity index (χ1n) is 5.90. The molecule has 0 amide bonds. The van der Waals surface area contributed by atoms with Crippen molar-refractivity contribution in [2.24, 2.45) is 5.11 Å². The summed E-state index contributed by atoms with van der Waals surface area (Å²) in [5.41, 5.74) is 7.77. The van der Waals surface area contributed by atoms with Gasteiger partial charge in [0, 0.05) is 16.2 Å². The average molecular weight is 340 g/mol. The van der Waals surface area contributed by atoms with Crippen molar-refractivity contribution in [3.8, 4) is 5.75 Å². The van der Waals surface area contributed by atoms with Gasteiger partial charge in [0.1, 0.15) is 0 Å². The summed E-state index contributed by atoms with van der Waals surface area (Å²) in [6.45, 7) is -1.51. The third-order valence-electron chi connectivity index (χ3n) is 3.06. The molecule has 1 rings (SSSR count). The molecule has 12 heteroatoms. The maximum atomic E-state index is 12.8. The molecular formula is C10H11BF4N3O3S-. The Bertz CT molecular complexity index is 758. The van der Waals surface area contributed by atoms with Gasteiger partial charge in [0.05, 0.1) is 0 Å². The normalized spacial score (nSPS) is 12.0. The van der Waals surface area contributed by atoms with E-state index in [1.54, 1.807) is 0 Å². The van der Waals surface area contributed by atoms with Gasteiger partial charge in [-0.15, -0.1) is 0 Å². The van der Waals surface area contributed by atoms with Crippen LogP contribution in [0.5, 0.6) is 5.75 Å². The van der Waals surface area contributed by atoms with Crippen molar-refractivity contribution in [2.45, 2.75) is 27.1 Å². The third-order valence-corrected chi connectivity index (χ3v) is 3.43. The van der Waals surface area contributed by atoms with Gasteiger partial charge in [-0.1, -0.05) is 20.9 Å². The van der Waals surface area contributed by atoms with Crippen molar-refractivity contribution >= 4 is 23.2 Å². The van der Waals surface area contributed by atoms with Crippen LogP contribution in [0.2, 0.25) is 0 Å². The number of hydrogen-bond acceptors (Lipinski definition) is 4. The molecule has 0 aliphatic heterocycles. The third kappa shape index (κ3) is 4.28. The molecule has 0 bridgehead atoms. The van der Waals surface area contributed by atoms with Crippen molar-refractivity contribution in [1.82, 2.24) is 0 Å². The second kappa shape index (κ2) is 6.05. The van der Waals surface area contributed by atoms with Crippen LogP contribution >= 0.6 is 0 Å². The Balaban J connectivity index is 3.74. The second-order valence-corrected chi connectivity index (χ2v) is 5.56. The minimum atomic E-state index is -5.44. The minimum Gasteiger partial charge on any atom is -0.449 e. The number of benzene rings is 1. The fraction of sp³-hybridized carbons (Fsp3) is 0.400. The van der Waals surface area contributed by atoms with Crippen LogP contribution in [0.3, 0.4) is 0 Å². The summed E-state index contributed by atoms with van der Waals surface area (Å²) in [4.78, 5) is 2.48. The van der Waals surface area contributed by atoms with E-state index in [-0.39, 0.29) is 27.9 Å². The predicted molar refractivity (Wildman–Crippen MR) is 72.9 cm³/mol. The highest BCUT2D eigenvalue weighted by molar-refractivity contribution is 7.81. The zero-order valence-corrected chi connectivity index (χ0v) is 12.6. The lowest BCUT2D eigenvalue weighted by atomic mass is 9.77. The minimum absolute atomic E-state index is 0.0376. The molecule has 0 aliphatic carbocycles. The Morgan fingerprint density at radius 2 is 1.73 bits per heavy atom. The monoisotopic (exact) mass is 340 g/mol. The lowest BCUT2D eigenvalue weighted by Gasteiger charge is -2.22. The van der Waals surface area contributed by atoms with Crippen molar-refractivity contribution in [3.05, 3.63) is 32.7 Å². The standard InChI is InChI=1S/C10H11BF4N3O3S/c1-5-8(4-11(12,13)14)6(2)10(21-22(15,19)20)7(3)9(5)17-18-16/h4H2,1-3H3/q-1. The molecule has 22 heavy (non-hydrogen) atoms.